The van der Waals surface area contributed by atoms with Crippen molar-refractivity contribution in [3.05, 3.63) is 39.7 Å². The molecule has 28 heavy (non-hydrogen) atoms. The molecule has 3 heterocycles. The van der Waals surface area contributed by atoms with E-state index < -0.39 is 11.4 Å². The molecule has 0 aliphatic carbocycles. The molecule has 0 radical (unpaired) electrons. The van der Waals surface area contributed by atoms with Gasteiger partial charge in [-0.15, -0.1) is 12.4 Å². The number of likely N-dealkylation sites (N-methyl/N-ethyl adjacent to an activating group) is 1. The van der Waals surface area contributed by atoms with Gasteiger partial charge in [0, 0.05) is 55.9 Å². The Kier molecular flexibility index (Phi) is 6.18. The number of carboxylic acids is 1. The van der Waals surface area contributed by atoms with Crippen LogP contribution < -0.4 is 10.3 Å². The lowest BCUT2D eigenvalue weighted by Gasteiger charge is -2.36. The summed E-state index contributed by atoms with van der Waals surface area (Å²) < 4.78 is 1.79. The van der Waals surface area contributed by atoms with E-state index in [1.165, 1.54) is 6.20 Å². The average molecular weight is 410 g/mol. The van der Waals surface area contributed by atoms with Crippen LogP contribution in [-0.2, 0) is 0 Å². The zero-order chi connectivity index (χ0) is 18.6. The number of ketones is 1. The van der Waals surface area contributed by atoms with Crippen LogP contribution in [0.5, 0.6) is 0 Å². The number of Topliss-reactive ketones (excluding diaryl/α,β-unsaturated/α-hetero) is 1. The van der Waals surface area contributed by atoms with Crippen molar-refractivity contribution in [2.75, 3.05) is 38.1 Å². The molecule has 2 aliphatic rings. The van der Waals surface area contributed by atoms with E-state index >= 15 is 0 Å². The molecule has 8 nitrogen and oxygen atoms in total. The SMILES string of the molecule is CC1CC(=O)c2c(N3CCN(C)CC3)ccc3c(=O)c(C(=O)O)cn1c23.Cl.O. The lowest BCUT2D eigenvalue weighted by Crippen LogP contribution is -2.45. The predicted octanol–water partition coefficient (Wildman–Crippen LogP) is 1.20. The highest BCUT2D eigenvalue weighted by molar-refractivity contribution is 6.13. The van der Waals surface area contributed by atoms with Crippen molar-refractivity contribution in [3.8, 4) is 0 Å². The summed E-state index contributed by atoms with van der Waals surface area (Å²) in [5, 5.41) is 9.66. The van der Waals surface area contributed by atoms with E-state index in [1.807, 2.05) is 6.92 Å². The van der Waals surface area contributed by atoms with Crippen molar-refractivity contribution < 1.29 is 20.2 Å². The first kappa shape index (κ1) is 21.9. The minimum Gasteiger partial charge on any atom is -0.477 e. The fourth-order valence-electron chi connectivity index (χ4n) is 3.99. The van der Waals surface area contributed by atoms with Crippen LogP contribution in [0.25, 0.3) is 10.9 Å². The van der Waals surface area contributed by atoms with Crippen LogP contribution in [0.2, 0.25) is 0 Å². The van der Waals surface area contributed by atoms with Crippen molar-refractivity contribution in [1.82, 2.24) is 9.47 Å². The van der Waals surface area contributed by atoms with Gasteiger partial charge in [0.2, 0.25) is 5.43 Å². The number of piperazine rings is 1. The van der Waals surface area contributed by atoms with Gasteiger partial charge in [-0.1, -0.05) is 0 Å². The molecule has 2 aromatic rings. The molecule has 2 aliphatic heterocycles. The third kappa shape index (κ3) is 3.28. The van der Waals surface area contributed by atoms with Gasteiger partial charge < -0.3 is 24.9 Å². The lowest BCUT2D eigenvalue weighted by molar-refractivity contribution is 0.0694. The molecule has 3 N–H and O–H groups in total. The van der Waals surface area contributed by atoms with Gasteiger partial charge in [0.15, 0.2) is 5.78 Å². The van der Waals surface area contributed by atoms with Gasteiger partial charge in [-0.2, -0.15) is 0 Å². The first-order chi connectivity index (χ1) is 12.4. The molecule has 1 saturated heterocycles. The average Bonchev–Trinajstić information content (AvgIpc) is 2.60. The fourth-order valence-corrected chi connectivity index (χ4v) is 3.99. The summed E-state index contributed by atoms with van der Waals surface area (Å²) in [7, 11) is 2.07. The number of aromatic carboxylic acids is 1. The first-order valence-corrected chi connectivity index (χ1v) is 8.80. The minimum atomic E-state index is -1.24. The van der Waals surface area contributed by atoms with Gasteiger partial charge in [0.1, 0.15) is 5.56 Å². The smallest absolute Gasteiger partial charge is 0.341 e. The second kappa shape index (κ2) is 7.90. The zero-order valence-corrected chi connectivity index (χ0v) is 16.6. The molecule has 4 rings (SSSR count). The maximum Gasteiger partial charge on any atom is 0.341 e. The number of carboxylic acid groups (broad SMARTS) is 1. The van der Waals surface area contributed by atoms with Crippen molar-refractivity contribution in [2.45, 2.75) is 19.4 Å². The second-order valence-electron chi connectivity index (χ2n) is 7.21. The van der Waals surface area contributed by atoms with Gasteiger partial charge in [0.25, 0.3) is 0 Å². The Balaban J connectivity index is 0.00000140. The van der Waals surface area contributed by atoms with Gasteiger partial charge in [-0.25, -0.2) is 4.79 Å². The summed E-state index contributed by atoms with van der Waals surface area (Å²) in [6, 6.07) is 3.29. The number of anilines is 1. The van der Waals surface area contributed by atoms with Crippen molar-refractivity contribution in [2.24, 2.45) is 0 Å². The highest BCUT2D eigenvalue weighted by atomic mass is 35.5. The Hall–Kier alpha value is -2.42. The van der Waals surface area contributed by atoms with Crippen molar-refractivity contribution in [1.29, 1.82) is 0 Å². The maximum atomic E-state index is 12.9. The van der Waals surface area contributed by atoms with E-state index in [2.05, 4.69) is 16.8 Å². The zero-order valence-electron chi connectivity index (χ0n) is 15.8. The summed E-state index contributed by atoms with van der Waals surface area (Å²) in [5.41, 5.74) is 1.19. The Labute approximate surface area is 168 Å². The first-order valence-electron chi connectivity index (χ1n) is 8.80. The number of nitrogens with zero attached hydrogens (tertiary/aromatic N) is 3. The van der Waals surface area contributed by atoms with Crippen LogP contribution in [0, 0.1) is 0 Å². The molecular formula is C19H24ClN3O5. The molecule has 0 spiro atoms. The molecule has 1 aromatic heterocycles. The number of pyridine rings is 1. The van der Waals surface area contributed by atoms with Crippen LogP contribution in [0.15, 0.2) is 23.1 Å². The van der Waals surface area contributed by atoms with Crippen LogP contribution >= 0.6 is 12.4 Å². The summed E-state index contributed by atoms with van der Waals surface area (Å²) in [6.07, 6.45) is 1.69. The Morgan fingerprint density at radius 3 is 2.39 bits per heavy atom. The molecule has 1 fully saturated rings. The van der Waals surface area contributed by atoms with E-state index in [0.29, 0.717) is 22.9 Å². The number of hydrogen-bond donors (Lipinski definition) is 1. The van der Waals surface area contributed by atoms with Gasteiger partial charge in [-0.3, -0.25) is 9.59 Å². The Morgan fingerprint density at radius 1 is 1.14 bits per heavy atom. The molecule has 1 aromatic carbocycles. The number of benzene rings is 1. The summed E-state index contributed by atoms with van der Waals surface area (Å²) >= 11 is 0. The summed E-state index contributed by atoms with van der Waals surface area (Å²) in [5.74, 6) is -1.23. The van der Waals surface area contributed by atoms with Crippen LogP contribution in [0.3, 0.4) is 0 Å². The molecule has 0 saturated carbocycles. The maximum absolute atomic E-state index is 12.9. The van der Waals surface area contributed by atoms with E-state index in [-0.39, 0.29) is 35.3 Å². The van der Waals surface area contributed by atoms with Crippen LogP contribution in [0.4, 0.5) is 5.69 Å². The minimum absolute atomic E-state index is 0. The lowest BCUT2D eigenvalue weighted by atomic mass is 9.92. The van der Waals surface area contributed by atoms with E-state index in [1.54, 1.807) is 16.7 Å². The number of carbonyl (C=O) groups excluding carboxylic acids is 1. The number of rotatable bonds is 2. The van der Waals surface area contributed by atoms with Crippen LogP contribution in [0.1, 0.15) is 40.1 Å². The number of aromatic nitrogens is 1. The standard InChI is InChI=1S/C19H21N3O4.ClH.H2O/c1-11-9-15(23)16-14(21-7-5-20(2)6-8-21)4-3-12-17(16)22(11)10-13(18(12)24)19(25)26;;/h3-4,10-11H,5-9H2,1-2H3,(H,25,26);1H;1H2. The molecule has 0 bridgehead atoms. The van der Waals surface area contributed by atoms with E-state index in [4.69, 9.17) is 0 Å². The second-order valence-corrected chi connectivity index (χ2v) is 7.21. The topological polar surface area (TPSA) is 114 Å². The predicted molar refractivity (Wildman–Crippen MR) is 109 cm³/mol. The quantitative estimate of drug-likeness (QED) is 0.796. The molecular weight excluding hydrogens is 386 g/mol. The molecule has 9 heteroatoms. The number of halogens is 1. The van der Waals surface area contributed by atoms with Gasteiger partial charge in [0.05, 0.1) is 11.1 Å². The third-order valence-electron chi connectivity index (χ3n) is 5.48. The summed E-state index contributed by atoms with van der Waals surface area (Å²) in [6.45, 7) is 5.32. The highest BCUT2D eigenvalue weighted by Crippen LogP contribution is 2.36. The van der Waals surface area contributed by atoms with E-state index in [0.717, 1.165) is 31.9 Å². The molecule has 0 amide bonds. The Bertz CT molecular complexity index is 995. The van der Waals surface area contributed by atoms with Gasteiger partial charge in [-0.05, 0) is 26.1 Å². The molecule has 1 atom stereocenters. The number of hydrogen-bond acceptors (Lipinski definition) is 5. The summed E-state index contributed by atoms with van der Waals surface area (Å²) in [4.78, 5) is 41.4. The third-order valence-corrected chi connectivity index (χ3v) is 5.48. The highest BCUT2D eigenvalue weighted by Gasteiger charge is 2.31. The fraction of sp³-hybridized carbons (Fsp3) is 0.421. The molecule has 152 valence electrons. The van der Waals surface area contributed by atoms with Crippen molar-refractivity contribution >= 4 is 40.7 Å². The van der Waals surface area contributed by atoms with Crippen LogP contribution in [-0.4, -0.2) is 65.0 Å². The van der Waals surface area contributed by atoms with Gasteiger partial charge >= 0.3 is 5.97 Å². The Morgan fingerprint density at radius 2 is 1.79 bits per heavy atom. The molecule has 1 unspecified atom stereocenters. The normalized spacial score (nSPS) is 19.1. The van der Waals surface area contributed by atoms with E-state index in [9.17, 15) is 19.5 Å². The van der Waals surface area contributed by atoms with Crippen molar-refractivity contribution in [3.63, 3.8) is 0 Å². The monoisotopic (exact) mass is 409 g/mol. The largest absolute Gasteiger partial charge is 0.477 e. The number of carbonyl (C=O) groups is 2.